The molecule has 0 N–H and O–H groups in total. The molecule has 2 heteroatoms. The van der Waals surface area contributed by atoms with E-state index in [4.69, 9.17) is 4.74 Å². The summed E-state index contributed by atoms with van der Waals surface area (Å²) in [7, 11) is 2.01. The molecule has 0 bridgehead atoms. The van der Waals surface area contributed by atoms with Crippen LogP contribution in [0, 0.1) is 0 Å². The van der Waals surface area contributed by atoms with Crippen molar-refractivity contribution in [2.45, 2.75) is 32.4 Å². The summed E-state index contributed by atoms with van der Waals surface area (Å²) in [5, 5.41) is 0. The van der Waals surface area contributed by atoms with Gasteiger partial charge in [-0.2, -0.15) is 0 Å². The van der Waals surface area contributed by atoms with Crippen LogP contribution in [0.4, 0.5) is 0 Å². The minimum Gasteiger partial charge on any atom is -0.474 e. The van der Waals surface area contributed by atoms with Gasteiger partial charge in [0, 0.05) is 7.05 Å². The topological polar surface area (TPSA) is 12.5 Å². The van der Waals surface area contributed by atoms with E-state index in [1.807, 2.05) is 7.05 Å². The minimum atomic E-state index is 0.0943. The summed E-state index contributed by atoms with van der Waals surface area (Å²) in [6, 6.07) is 0. The molecule has 1 atom stereocenters. The van der Waals surface area contributed by atoms with Crippen molar-refractivity contribution in [3.8, 4) is 0 Å². The van der Waals surface area contributed by atoms with Gasteiger partial charge in [-0.1, -0.05) is 0 Å². The van der Waals surface area contributed by atoms with Gasteiger partial charge in [0.05, 0.1) is 5.54 Å². The first-order chi connectivity index (χ1) is 4.46. The molecule has 58 valence electrons. The van der Waals surface area contributed by atoms with E-state index in [1.54, 1.807) is 0 Å². The van der Waals surface area contributed by atoms with Crippen LogP contribution in [0.3, 0.4) is 0 Å². The Bertz CT molecular complexity index is 163. The Labute approximate surface area is 62.5 Å². The van der Waals surface area contributed by atoms with Gasteiger partial charge in [0.25, 0.3) is 0 Å². The first kappa shape index (κ1) is 7.45. The Morgan fingerprint density at radius 3 is 2.20 bits per heavy atom. The van der Waals surface area contributed by atoms with Crippen LogP contribution in [0.1, 0.15) is 20.8 Å². The van der Waals surface area contributed by atoms with E-state index in [1.165, 1.54) is 0 Å². The average Bonchev–Trinajstić information content (AvgIpc) is 1.97. The van der Waals surface area contributed by atoms with Gasteiger partial charge < -0.3 is 9.64 Å². The SMILES string of the molecule is C=C1OC(C)C(C)(C)N1C. The molecule has 1 saturated heterocycles. The number of nitrogens with zero attached hydrogens (tertiary/aromatic N) is 1. The summed E-state index contributed by atoms with van der Waals surface area (Å²) in [5.74, 6) is 0.775. The van der Waals surface area contributed by atoms with E-state index in [2.05, 4.69) is 32.3 Å². The summed E-state index contributed by atoms with van der Waals surface area (Å²) in [6.45, 7) is 10.1. The van der Waals surface area contributed by atoms with Gasteiger partial charge in [-0.3, -0.25) is 0 Å². The zero-order valence-electron chi connectivity index (χ0n) is 7.14. The number of likely N-dealkylation sites (N-methyl/N-ethyl adjacent to an activating group) is 1. The third-order valence-electron chi connectivity index (χ3n) is 2.55. The molecule has 0 amide bonds. The Morgan fingerprint density at radius 1 is 1.60 bits per heavy atom. The van der Waals surface area contributed by atoms with Crippen LogP contribution in [-0.2, 0) is 4.74 Å². The van der Waals surface area contributed by atoms with Gasteiger partial charge >= 0.3 is 0 Å². The molecule has 1 rings (SSSR count). The Balaban J connectivity index is 2.85. The van der Waals surface area contributed by atoms with Gasteiger partial charge in [0.2, 0.25) is 0 Å². The maximum atomic E-state index is 5.42. The van der Waals surface area contributed by atoms with Crippen LogP contribution in [0.2, 0.25) is 0 Å². The van der Waals surface area contributed by atoms with Crippen molar-refractivity contribution in [1.82, 2.24) is 4.90 Å². The van der Waals surface area contributed by atoms with Crippen LogP contribution < -0.4 is 0 Å². The number of rotatable bonds is 0. The highest BCUT2D eigenvalue weighted by molar-refractivity contribution is 5.03. The predicted octanol–water partition coefficient (Wildman–Crippen LogP) is 1.59. The van der Waals surface area contributed by atoms with E-state index < -0.39 is 0 Å². The quantitative estimate of drug-likeness (QED) is 0.508. The van der Waals surface area contributed by atoms with E-state index in [0.29, 0.717) is 0 Å². The number of hydrogen-bond acceptors (Lipinski definition) is 2. The molecule has 0 spiro atoms. The normalized spacial score (nSPS) is 30.6. The molecule has 1 aliphatic rings. The van der Waals surface area contributed by atoms with Crippen molar-refractivity contribution in [1.29, 1.82) is 0 Å². The molecular formula is C8H15NO. The summed E-state index contributed by atoms with van der Waals surface area (Å²) in [4.78, 5) is 2.07. The highest BCUT2D eigenvalue weighted by Gasteiger charge is 2.39. The lowest BCUT2D eigenvalue weighted by atomic mass is 9.99. The molecule has 10 heavy (non-hydrogen) atoms. The Morgan fingerprint density at radius 2 is 2.10 bits per heavy atom. The van der Waals surface area contributed by atoms with Crippen molar-refractivity contribution in [2.24, 2.45) is 0 Å². The first-order valence-corrected chi connectivity index (χ1v) is 3.55. The van der Waals surface area contributed by atoms with Gasteiger partial charge in [-0.25, -0.2) is 0 Å². The van der Waals surface area contributed by atoms with Gasteiger partial charge in [0.1, 0.15) is 6.10 Å². The Hall–Kier alpha value is -0.660. The summed E-state index contributed by atoms with van der Waals surface area (Å²) in [6.07, 6.45) is 0.241. The lowest BCUT2D eigenvalue weighted by molar-refractivity contribution is 0.139. The average molecular weight is 141 g/mol. The molecule has 1 aliphatic heterocycles. The molecule has 0 aromatic heterocycles. The van der Waals surface area contributed by atoms with Crippen molar-refractivity contribution in [2.75, 3.05) is 7.05 Å². The molecule has 0 aliphatic carbocycles. The standard InChI is InChI=1S/C8H15NO/c1-6-8(3,4)9(5)7(2)10-6/h6H,2H2,1,3-5H3. The number of hydrogen-bond donors (Lipinski definition) is 0. The second kappa shape index (κ2) is 1.91. The van der Waals surface area contributed by atoms with Crippen molar-refractivity contribution in [3.05, 3.63) is 12.5 Å². The molecule has 0 aromatic rings. The first-order valence-electron chi connectivity index (χ1n) is 3.55. The maximum Gasteiger partial charge on any atom is 0.182 e. The molecule has 1 unspecified atom stereocenters. The summed E-state index contributed by atoms with van der Waals surface area (Å²) < 4.78 is 5.42. The monoisotopic (exact) mass is 141 g/mol. The molecule has 1 heterocycles. The second-order valence-electron chi connectivity index (χ2n) is 3.37. The van der Waals surface area contributed by atoms with E-state index >= 15 is 0 Å². The van der Waals surface area contributed by atoms with Crippen LogP contribution in [-0.4, -0.2) is 23.6 Å². The van der Waals surface area contributed by atoms with Crippen molar-refractivity contribution >= 4 is 0 Å². The van der Waals surface area contributed by atoms with E-state index in [0.717, 1.165) is 5.88 Å². The zero-order chi connectivity index (χ0) is 7.94. The smallest absolute Gasteiger partial charge is 0.182 e. The van der Waals surface area contributed by atoms with Crippen LogP contribution in [0.25, 0.3) is 0 Å². The fourth-order valence-electron chi connectivity index (χ4n) is 1.02. The van der Waals surface area contributed by atoms with Crippen LogP contribution >= 0.6 is 0 Å². The summed E-state index contributed by atoms with van der Waals surface area (Å²) in [5.41, 5.74) is 0.0943. The fourth-order valence-corrected chi connectivity index (χ4v) is 1.02. The predicted molar refractivity (Wildman–Crippen MR) is 41.5 cm³/mol. The minimum absolute atomic E-state index is 0.0943. The maximum absolute atomic E-state index is 5.42. The van der Waals surface area contributed by atoms with Crippen LogP contribution in [0.15, 0.2) is 12.5 Å². The lowest BCUT2D eigenvalue weighted by Crippen LogP contribution is -2.40. The molecule has 0 saturated carbocycles. The lowest BCUT2D eigenvalue weighted by Gasteiger charge is -2.28. The summed E-state index contributed by atoms with van der Waals surface area (Å²) >= 11 is 0. The third-order valence-corrected chi connectivity index (χ3v) is 2.55. The Kier molecular flexibility index (Phi) is 1.42. The largest absolute Gasteiger partial charge is 0.474 e. The molecule has 2 nitrogen and oxygen atoms in total. The molecule has 0 radical (unpaired) electrons. The molecular weight excluding hydrogens is 126 g/mol. The molecule has 1 fully saturated rings. The van der Waals surface area contributed by atoms with Gasteiger partial charge in [-0.05, 0) is 27.4 Å². The molecule has 0 aromatic carbocycles. The van der Waals surface area contributed by atoms with Crippen molar-refractivity contribution < 1.29 is 4.74 Å². The second-order valence-corrected chi connectivity index (χ2v) is 3.37. The zero-order valence-corrected chi connectivity index (χ0v) is 7.14. The van der Waals surface area contributed by atoms with E-state index in [9.17, 15) is 0 Å². The van der Waals surface area contributed by atoms with Gasteiger partial charge in [-0.15, -0.1) is 0 Å². The van der Waals surface area contributed by atoms with Crippen LogP contribution in [0.5, 0.6) is 0 Å². The number of ether oxygens (including phenoxy) is 1. The highest BCUT2D eigenvalue weighted by Crippen LogP contribution is 2.31. The highest BCUT2D eigenvalue weighted by atomic mass is 16.5. The fraction of sp³-hybridized carbons (Fsp3) is 0.750. The van der Waals surface area contributed by atoms with Gasteiger partial charge in [0.15, 0.2) is 5.88 Å². The van der Waals surface area contributed by atoms with E-state index in [-0.39, 0.29) is 11.6 Å². The van der Waals surface area contributed by atoms with Crippen molar-refractivity contribution in [3.63, 3.8) is 0 Å². The third kappa shape index (κ3) is 0.789.